The van der Waals surface area contributed by atoms with E-state index in [4.69, 9.17) is 30.4 Å². The van der Waals surface area contributed by atoms with Crippen LogP contribution < -0.4 is 30.4 Å². The molecule has 0 aromatic heterocycles. The molecule has 0 heterocycles. The third kappa shape index (κ3) is 2.63. The van der Waals surface area contributed by atoms with Crippen molar-refractivity contribution in [2.75, 3.05) is 35.0 Å². The number of rotatable bonds is 6. The molecule has 120 valence electrons. The molecule has 0 saturated carbocycles. The average molecular weight is 306 g/mol. The number of fused-ring (bicyclic) bond motifs is 1. The zero-order valence-electron chi connectivity index (χ0n) is 13.3. The van der Waals surface area contributed by atoms with E-state index in [1.807, 2.05) is 18.2 Å². The van der Waals surface area contributed by atoms with Crippen molar-refractivity contribution in [2.45, 2.75) is 6.04 Å². The summed E-state index contributed by atoms with van der Waals surface area (Å²) in [6.45, 7) is 0.285. The zero-order chi connectivity index (χ0) is 16.3. The molecule has 0 aliphatic carbocycles. The van der Waals surface area contributed by atoms with E-state index in [2.05, 4.69) is 0 Å². The van der Waals surface area contributed by atoms with Crippen LogP contribution in [0.15, 0.2) is 18.2 Å². The SMILES string of the molecule is COc1cc2cc(OC)c(OC)c(C(N)CN)c2cc1OC. The van der Waals surface area contributed by atoms with Gasteiger partial charge in [0.05, 0.1) is 28.4 Å². The minimum Gasteiger partial charge on any atom is -0.493 e. The van der Waals surface area contributed by atoms with Crippen molar-refractivity contribution in [3.8, 4) is 23.0 Å². The minimum atomic E-state index is -0.384. The molecule has 0 aliphatic heterocycles. The van der Waals surface area contributed by atoms with E-state index in [1.54, 1.807) is 28.4 Å². The van der Waals surface area contributed by atoms with Gasteiger partial charge in [-0.05, 0) is 29.0 Å². The second kappa shape index (κ2) is 6.72. The van der Waals surface area contributed by atoms with Crippen LogP contribution >= 0.6 is 0 Å². The predicted octanol–water partition coefficient (Wildman–Crippen LogP) is 1.83. The predicted molar refractivity (Wildman–Crippen MR) is 86.1 cm³/mol. The zero-order valence-corrected chi connectivity index (χ0v) is 13.3. The highest BCUT2D eigenvalue weighted by molar-refractivity contribution is 5.93. The molecule has 1 atom stereocenters. The first-order valence-electron chi connectivity index (χ1n) is 6.87. The highest BCUT2D eigenvalue weighted by atomic mass is 16.5. The summed E-state index contributed by atoms with van der Waals surface area (Å²) in [5, 5.41) is 1.81. The van der Waals surface area contributed by atoms with Crippen molar-refractivity contribution >= 4 is 10.8 Å². The fourth-order valence-corrected chi connectivity index (χ4v) is 2.56. The van der Waals surface area contributed by atoms with Crippen LogP contribution in [0.5, 0.6) is 23.0 Å². The second-order valence-electron chi connectivity index (χ2n) is 4.80. The Balaban J connectivity index is 2.88. The highest BCUT2D eigenvalue weighted by Gasteiger charge is 2.21. The normalized spacial score (nSPS) is 12.1. The van der Waals surface area contributed by atoms with Gasteiger partial charge >= 0.3 is 0 Å². The van der Waals surface area contributed by atoms with Crippen LogP contribution in [0, 0.1) is 0 Å². The Bertz CT molecular complexity index is 668. The minimum absolute atomic E-state index is 0.285. The largest absolute Gasteiger partial charge is 0.493 e. The van der Waals surface area contributed by atoms with Crippen molar-refractivity contribution in [1.29, 1.82) is 0 Å². The monoisotopic (exact) mass is 306 g/mol. The summed E-state index contributed by atoms with van der Waals surface area (Å²) >= 11 is 0. The van der Waals surface area contributed by atoms with Gasteiger partial charge in [-0.1, -0.05) is 0 Å². The first-order chi connectivity index (χ1) is 10.6. The highest BCUT2D eigenvalue weighted by Crippen LogP contribution is 2.43. The van der Waals surface area contributed by atoms with Gasteiger partial charge < -0.3 is 30.4 Å². The molecular weight excluding hydrogens is 284 g/mol. The van der Waals surface area contributed by atoms with Gasteiger partial charge in [-0.15, -0.1) is 0 Å². The van der Waals surface area contributed by atoms with Crippen LogP contribution in [0.4, 0.5) is 0 Å². The van der Waals surface area contributed by atoms with Gasteiger partial charge in [0.1, 0.15) is 0 Å². The second-order valence-corrected chi connectivity index (χ2v) is 4.80. The summed E-state index contributed by atoms with van der Waals surface area (Å²) in [6.07, 6.45) is 0. The Morgan fingerprint density at radius 1 is 0.864 bits per heavy atom. The Hall–Kier alpha value is -2.18. The van der Waals surface area contributed by atoms with Gasteiger partial charge in [0.15, 0.2) is 23.0 Å². The van der Waals surface area contributed by atoms with Crippen molar-refractivity contribution in [3.05, 3.63) is 23.8 Å². The van der Waals surface area contributed by atoms with E-state index in [9.17, 15) is 0 Å². The van der Waals surface area contributed by atoms with Crippen LogP contribution in [0.3, 0.4) is 0 Å². The van der Waals surface area contributed by atoms with E-state index < -0.39 is 0 Å². The maximum atomic E-state index is 6.19. The molecule has 0 amide bonds. The molecule has 2 aromatic carbocycles. The quantitative estimate of drug-likeness (QED) is 0.846. The fraction of sp³-hybridized carbons (Fsp3) is 0.375. The summed E-state index contributed by atoms with van der Waals surface area (Å²) in [4.78, 5) is 0. The molecule has 2 rings (SSSR count). The van der Waals surface area contributed by atoms with Crippen LogP contribution in [0.2, 0.25) is 0 Å². The van der Waals surface area contributed by atoms with E-state index in [-0.39, 0.29) is 12.6 Å². The average Bonchev–Trinajstić information content (AvgIpc) is 2.57. The number of methoxy groups -OCH3 is 4. The lowest BCUT2D eigenvalue weighted by Crippen LogP contribution is -2.22. The summed E-state index contributed by atoms with van der Waals surface area (Å²) in [5.74, 6) is 2.43. The van der Waals surface area contributed by atoms with Crippen molar-refractivity contribution in [3.63, 3.8) is 0 Å². The number of ether oxygens (including phenoxy) is 4. The third-order valence-electron chi connectivity index (χ3n) is 3.65. The third-order valence-corrected chi connectivity index (χ3v) is 3.65. The number of hydrogen-bond donors (Lipinski definition) is 2. The molecule has 0 saturated heterocycles. The molecular formula is C16H22N2O4. The lowest BCUT2D eigenvalue weighted by atomic mass is 9.96. The summed E-state index contributed by atoms with van der Waals surface area (Å²) in [6, 6.07) is 5.25. The molecule has 0 bridgehead atoms. The fourth-order valence-electron chi connectivity index (χ4n) is 2.56. The lowest BCUT2D eigenvalue weighted by molar-refractivity contribution is 0.349. The topological polar surface area (TPSA) is 89.0 Å². The van der Waals surface area contributed by atoms with Gasteiger partial charge in [-0.2, -0.15) is 0 Å². The van der Waals surface area contributed by atoms with E-state index in [0.717, 1.165) is 16.3 Å². The van der Waals surface area contributed by atoms with Crippen LogP contribution in [0.1, 0.15) is 11.6 Å². The first-order valence-corrected chi connectivity index (χ1v) is 6.87. The molecule has 4 N–H and O–H groups in total. The van der Waals surface area contributed by atoms with Crippen LogP contribution in [-0.2, 0) is 0 Å². The van der Waals surface area contributed by atoms with Crippen molar-refractivity contribution < 1.29 is 18.9 Å². The number of hydrogen-bond acceptors (Lipinski definition) is 6. The first kappa shape index (κ1) is 16.2. The summed E-state index contributed by atoms with van der Waals surface area (Å²) in [5.41, 5.74) is 12.7. The maximum Gasteiger partial charge on any atom is 0.166 e. The van der Waals surface area contributed by atoms with E-state index in [1.165, 1.54) is 0 Å². The molecule has 22 heavy (non-hydrogen) atoms. The molecule has 0 spiro atoms. The Kier molecular flexibility index (Phi) is 4.95. The van der Waals surface area contributed by atoms with Crippen LogP contribution in [-0.4, -0.2) is 35.0 Å². The van der Waals surface area contributed by atoms with E-state index in [0.29, 0.717) is 23.0 Å². The van der Waals surface area contributed by atoms with Gasteiger partial charge in [0, 0.05) is 18.2 Å². The number of benzene rings is 2. The standard InChI is InChI=1S/C16H22N2O4/c1-19-12-5-9-6-14(21-3)16(22-4)15(11(18)8-17)10(9)7-13(12)20-2/h5-7,11H,8,17-18H2,1-4H3. The molecule has 0 fully saturated rings. The number of nitrogens with two attached hydrogens (primary N) is 2. The molecule has 1 unspecified atom stereocenters. The van der Waals surface area contributed by atoms with Gasteiger partial charge in [0.2, 0.25) is 0 Å². The van der Waals surface area contributed by atoms with Crippen LogP contribution in [0.25, 0.3) is 10.8 Å². The maximum absolute atomic E-state index is 6.19. The Morgan fingerprint density at radius 3 is 1.91 bits per heavy atom. The van der Waals surface area contributed by atoms with Gasteiger partial charge in [-0.25, -0.2) is 0 Å². The molecule has 6 heteroatoms. The Morgan fingerprint density at radius 2 is 1.41 bits per heavy atom. The van der Waals surface area contributed by atoms with Gasteiger partial charge in [0.25, 0.3) is 0 Å². The summed E-state index contributed by atoms with van der Waals surface area (Å²) in [7, 11) is 6.35. The van der Waals surface area contributed by atoms with E-state index >= 15 is 0 Å². The Labute approximate surface area is 129 Å². The lowest BCUT2D eigenvalue weighted by Gasteiger charge is -2.20. The molecule has 2 aromatic rings. The van der Waals surface area contributed by atoms with Gasteiger partial charge in [-0.3, -0.25) is 0 Å². The smallest absolute Gasteiger partial charge is 0.166 e. The molecule has 6 nitrogen and oxygen atoms in total. The molecule has 0 aliphatic rings. The molecule has 0 radical (unpaired) electrons. The van der Waals surface area contributed by atoms with Crippen molar-refractivity contribution in [2.24, 2.45) is 11.5 Å². The van der Waals surface area contributed by atoms with Crippen molar-refractivity contribution in [1.82, 2.24) is 0 Å². The summed E-state index contributed by atoms with van der Waals surface area (Å²) < 4.78 is 21.6.